The normalized spacial score (nSPS) is 19.1. The number of amides is 2. The lowest BCUT2D eigenvalue weighted by atomic mass is 9.87. The van der Waals surface area contributed by atoms with Gasteiger partial charge in [-0.05, 0) is 49.4 Å². The molecule has 0 bridgehead atoms. The van der Waals surface area contributed by atoms with Crippen LogP contribution in [0.5, 0.6) is 0 Å². The highest BCUT2D eigenvalue weighted by Crippen LogP contribution is 2.47. The first-order chi connectivity index (χ1) is 17.2. The number of rotatable bonds is 3. The molecule has 194 valence electrons. The molecule has 2 N–H and O–H groups in total. The van der Waals surface area contributed by atoms with Crippen molar-refractivity contribution in [3.8, 4) is 0 Å². The molecule has 37 heavy (non-hydrogen) atoms. The Bertz CT molecular complexity index is 1360. The molecule has 1 atom stereocenters. The number of carbonyl (C=O) groups excluding carboxylic acids is 2. The van der Waals surface area contributed by atoms with Crippen LogP contribution < -0.4 is 10.2 Å². The highest BCUT2D eigenvalue weighted by molar-refractivity contribution is 6.30. The highest BCUT2D eigenvalue weighted by Gasteiger charge is 2.53. The average Bonchev–Trinajstić information content (AvgIpc) is 2.91. The molecule has 0 aliphatic carbocycles. The van der Waals surface area contributed by atoms with E-state index in [9.17, 15) is 36.6 Å². The number of fused-ring (bicyclic) bond motifs is 1. The Balaban J connectivity index is 1.60. The first kappa shape index (κ1) is 26.5. The van der Waals surface area contributed by atoms with Crippen LogP contribution in [0.15, 0.2) is 60.8 Å². The van der Waals surface area contributed by atoms with Crippen molar-refractivity contribution < 1.29 is 36.6 Å². The van der Waals surface area contributed by atoms with Crippen LogP contribution in [0, 0.1) is 0 Å². The molecule has 2 aromatic carbocycles. The minimum Gasteiger partial charge on any atom is -0.379 e. The van der Waals surface area contributed by atoms with E-state index < -0.39 is 53.6 Å². The largest absolute Gasteiger partial charge is 0.417 e. The first-order valence-corrected chi connectivity index (χ1v) is 11.3. The average molecular weight is 540 g/mol. The van der Waals surface area contributed by atoms with Crippen molar-refractivity contribution in [1.29, 1.82) is 0 Å². The van der Waals surface area contributed by atoms with Gasteiger partial charge in [-0.15, -0.1) is 0 Å². The highest BCUT2D eigenvalue weighted by atomic mass is 35.5. The molecule has 6 nitrogen and oxygen atoms in total. The van der Waals surface area contributed by atoms with Crippen molar-refractivity contribution in [2.24, 2.45) is 0 Å². The van der Waals surface area contributed by atoms with Gasteiger partial charge in [0, 0.05) is 29.7 Å². The molecular formula is C25H19ClF5N3O3. The molecule has 1 aromatic heterocycles. The van der Waals surface area contributed by atoms with Crippen molar-refractivity contribution in [3.05, 3.63) is 88.1 Å². The topological polar surface area (TPSA) is 82.5 Å². The predicted octanol–water partition coefficient (Wildman–Crippen LogP) is 5.90. The van der Waals surface area contributed by atoms with Crippen molar-refractivity contribution in [3.63, 3.8) is 0 Å². The standard InChI is InChI=1S/C25H19ClF5N3O3/c1-23(37)18-12-15(26)7-8-19(18)34(11-10-24(23,27)28)22(36)14-6-9-20(32-13-14)33-21(35)16-4-2-3-5-17(16)25(29,30)31/h2-9,12-13,37H,10-11H2,1H3,(H,32,33,35). The summed E-state index contributed by atoms with van der Waals surface area (Å²) in [7, 11) is 0. The molecule has 2 heterocycles. The second-order valence-corrected chi connectivity index (χ2v) is 9.01. The molecule has 2 amide bonds. The predicted molar refractivity (Wildman–Crippen MR) is 126 cm³/mol. The van der Waals surface area contributed by atoms with Crippen LogP contribution in [0.1, 0.15) is 45.2 Å². The van der Waals surface area contributed by atoms with Gasteiger partial charge in [0.2, 0.25) is 0 Å². The van der Waals surface area contributed by atoms with E-state index in [0.717, 1.165) is 36.2 Å². The third-order valence-corrected chi connectivity index (χ3v) is 6.34. The SMILES string of the molecule is CC1(O)c2cc(Cl)ccc2N(C(=O)c2ccc(NC(=O)c3ccccc3C(F)(F)F)nc2)CCC1(F)F. The van der Waals surface area contributed by atoms with Gasteiger partial charge in [-0.2, -0.15) is 13.2 Å². The van der Waals surface area contributed by atoms with Crippen LogP contribution in [-0.2, 0) is 11.8 Å². The molecule has 0 saturated carbocycles. The summed E-state index contributed by atoms with van der Waals surface area (Å²) in [6.45, 7) is 0.523. The summed E-state index contributed by atoms with van der Waals surface area (Å²) in [6, 6.07) is 10.6. The number of hydrogen-bond acceptors (Lipinski definition) is 4. The Labute approximate surface area is 212 Å². The molecular weight excluding hydrogens is 521 g/mol. The first-order valence-electron chi connectivity index (χ1n) is 10.9. The molecule has 0 spiro atoms. The van der Waals surface area contributed by atoms with Gasteiger partial charge < -0.3 is 15.3 Å². The molecule has 1 unspecified atom stereocenters. The van der Waals surface area contributed by atoms with Crippen LogP contribution in [0.4, 0.5) is 33.5 Å². The number of aromatic nitrogens is 1. The van der Waals surface area contributed by atoms with Gasteiger partial charge in [-0.1, -0.05) is 23.7 Å². The lowest BCUT2D eigenvalue weighted by Gasteiger charge is -2.32. The monoisotopic (exact) mass is 539 g/mol. The Morgan fingerprint density at radius 1 is 1.11 bits per heavy atom. The summed E-state index contributed by atoms with van der Waals surface area (Å²) in [4.78, 5) is 30.7. The van der Waals surface area contributed by atoms with Crippen molar-refractivity contribution in [2.45, 2.75) is 31.0 Å². The molecule has 1 aliphatic heterocycles. The number of carbonyl (C=O) groups is 2. The Morgan fingerprint density at radius 2 is 1.81 bits per heavy atom. The Hall–Kier alpha value is -3.57. The summed E-state index contributed by atoms with van der Waals surface area (Å²) in [6.07, 6.45) is -4.52. The van der Waals surface area contributed by atoms with Crippen molar-refractivity contribution in [1.82, 2.24) is 4.98 Å². The van der Waals surface area contributed by atoms with Gasteiger partial charge in [-0.25, -0.2) is 13.8 Å². The number of alkyl halides is 5. The summed E-state index contributed by atoms with van der Waals surface area (Å²) in [5, 5.41) is 13.0. The van der Waals surface area contributed by atoms with Crippen LogP contribution in [0.3, 0.4) is 0 Å². The molecule has 0 saturated heterocycles. The maximum absolute atomic E-state index is 14.8. The van der Waals surface area contributed by atoms with Gasteiger partial charge in [0.15, 0.2) is 5.60 Å². The van der Waals surface area contributed by atoms with Crippen LogP contribution in [-0.4, -0.2) is 34.4 Å². The molecule has 4 rings (SSSR count). The van der Waals surface area contributed by atoms with Gasteiger partial charge >= 0.3 is 6.18 Å². The number of nitrogens with zero attached hydrogens (tertiary/aromatic N) is 2. The summed E-state index contributed by atoms with van der Waals surface area (Å²) < 4.78 is 69.1. The van der Waals surface area contributed by atoms with Gasteiger partial charge in [0.1, 0.15) is 5.82 Å². The van der Waals surface area contributed by atoms with E-state index in [1.807, 2.05) is 0 Å². The summed E-state index contributed by atoms with van der Waals surface area (Å²) in [5.74, 6) is -5.47. The second kappa shape index (κ2) is 9.38. The summed E-state index contributed by atoms with van der Waals surface area (Å²) in [5.41, 5.74) is -4.55. The third-order valence-electron chi connectivity index (χ3n) is 6.11. The van der Waals surface area contributed by atoms with Crippen LogP contribution in [0.25, 0.3) is 0 Å². The van der Waals surface area contributed by atoms with E-state index in [0.29, 0.717) is 0 Å². The van der Waals surface area contributed by atoms with Crippen LogP contribution >= 0.6 is 11.6 Å². The van der Waals surface area contributed by atoms with Gasteiger partial charge in [0.25, 0.3) is 17.7 Å². The number of anilines is 2. The summed E-state index contributed by atoms with van der Waals surface area (Å²) >= 11 is 5.97. The number of hydrogen-bond donors (Lipinski definition) is 2. The van der Waals surface area contributed by atoms with Gasteiger partial charge in [0.05, 0.1) is 22.4 Å². The maximum Gasteiger partial charge on any atom is 0.417 e. The fourth-order valence-corrected chi connectivity index (χ4v) is 4.19. The number of benzene rings is 2. The van der Waals surface area contributed by atoms with Crippen molar-refractivity contribution in [2.75, 3.05) is 16.8 Å². The van der Waals surface area contributed by atoms with E-state index in [-0.39, 0.29) is 27.7 Å². The quantitative estimate of drug-likeness (QED) is 0.406. The van der Waals surface area contributed by atoms with Crippen LogP contribution in [0.2, 0.25) is 5.02 Å². The lowest BCUT2D eigenvalue weighted by Crippen LogP contribution is -2.42. The minimum absolute atomic E-state index is 0.0395. The molecule has 12 heteroatoms. The second-order valence-electron chi connectivity index (χ2n) is 8.57. The Kier molecular flexibility index (Phi) is 6.72. The fourth-order valence-electron chi connectivity index (χ4n) is 4.02. The van der Waals surface area contributed by atoms with E-state index >= 15 is 0 Å². The molecule has 1 aliphatic rings. The van der Waals surface area contributed by atoms with E-state index in [4.69, 9.17) is 11.6 Å². The van der Waals surface area contributed by atoms with E-state index in [1.54, 1.807) is 0 Å². The maximum atomic E-state index is 14.8. The van der Waals surface area contributed by atoms with E-state index in [2.05, 4.69) is 10.3 Å². The zero-order valence-corrected chi connectivity index (χ0v) is 19.9. The smallest absolute Gasteiger partial charge is 0.379 e. The van der Waals surface area contributed by atoms with Gasteiger partial charge in [-0.3, -0.25) is 9.59 Å². The zero-order valence-electron chi connectivity index (χ0n) is 19.1. The number of nitrogens with one attached hydrogen (secondary N) is 1. The minimum atomic E-state index is -4.74. The number of halogens is 6. The van der Waals surface area contributed by atoms with E-state index in [1.165, 1.54) is 36.4 Å². The number of pyridine rings is 1. The third kappa shape index (κ3) is 5.01. The lowest BCUT2D eigenvalue weighted by molar-refractivity contribution is -0.177. The molecule has 3 aromatic rings. The van der Waals surface area contributed by atoms with Crippen molar-refractivity contribution >= 4 is 34.9 Å². The Morgan fingerprint density at radius 3 is 2.46 bits per heavy atom. The molecule has 0 radical (unpaired) electrons. The number of aliphatic hydroxyl groups is 1. The zero-order chi connectivity index (χ0) is 27.2. The molecule has 0 fully saturated rings. The fraction of sp³-hybridized carbons (Fsp3) is 0.240.